The van der Waals surface area contributed by atoms with Crippen LogP contribution in [-0.4, -0.2) is 11.1 Å². The number of ether oxygens (including phenoxy) is 1. The molecule has 1 aromatic heterocycles. The number of nitrogens with zero attached hydrogens (tertiary/aromatic N) is 1. The molecule has 0 atom stereocenters. The van der Waals surface area contributed by atoms with Gasteiger partial charge in [-0.3, -0.25) is 4.98 Å². The van der Waals surface area contributed by atoms with Crippen molar-refractivity contribution in [1.29, 1.82) is 0 Å². The van der Waals surface area contributed by atoms with Crippen LogP contribution in [0.5, 0.6) is 5.75 Å². The monoisotopic (exact) mass is 242 g/mol. The van der Waals surface area contributed by atoms with Crippen LogP contribution in [0.4, 0.5) is 0 Å². The standard InChI is InChI=1S/C9H11BrN2O/c10-6-3-9(13-7-1-2-7)8(4-11)12-5-6/h3,5,7H,1-2,4,11H2. The van der Waals surface area contributed by atoms with Gasteiger partial charge in [-0.15, -0.1) is 0 Å². The molecule has 2 N–H and O–H groups in total. The third-order valence-corrected chi connectivity index (χ3v) is 2.34. The number of halogens is 1. The van der Waals surface area contributed by atoms with Crippen molar-refractivity contribution in [2.24, 2.45) is 5.73 Å². The summed E-state index contributed by atoms with van der Waals surface area (Å²) in [6.07, 6.45) is 4.43. The average molecular weight is 243 g/mol. The molecule has 0 unspecified atom stereocenters. The highest BCUT2D eigenvalue weighted by Gasteiger charge is 2.24. The second kappa shape index (κ2) is 3.64. The van der Waals surface area contributed by atoms with E-state index >= 15 is 0 Å². The molecule has 2 rings (SSSR count). The van der Waals surface area contributed by atoms with E-state index < -0.39 is 0 Å². The van der Waals surface area contributed by atoms with Gasteiger partial charge >= 0.3 is 0 Å². The average Bonchev–Trinajstić information content (AvgIpc) is 2.89. The Bertz CT molecular complexity index is 312. The number of hydrogen-bond acceptors (Lipinski definition) is 3. The van der Waals surface area contributed by atoms with Crippen LogP contribution in [-0.2, 0) is 6.54 Å². The van der Waals surface area contributed by atoms with Crippen LogP contribution >= 0.6 is 15.9 Å². The van der Waals surface area contributed by atoms with Gasteiger partial charge in [0.1, 0.15) is 5.75 Å². The third kappa shape index (κ3) is 2.19. The molecule has 13 heavy (non-hydrogen) atoms. The van der Waals surface area contributed by atoms with Crippen molar-refractivity contribution in [3.8, 4) is 5.75 Å². The van der Waals surface area contributed by atoms with Gasteiger partial charge in [0.05, 0.1) is 11.8 Å². The van der Waals surface area contributed by atoms with Crippen LogP contribution in [0.3, 0.4) is 0 Å². The minimum Gasteiger partial charge on any atom is -0.488 e. The molecule has 1 aliphatic carbocycles. The maximum Gasteiger partial charge on any atom is 0.143 e. The van der Waals surface area contributed by atoms with E-state index in [1.54, 1.807) is 6.20 Å². The van der Waals surface area contributed by atoms with E-state index in [1.165, 1.54) is 0 Å². The summed E-state index contributed by atoms with van der Waals surface area (Å²) in [7, 11) is 0. The second-order valence-corrected chi connectivity index (χ2v) is 4.04. The Labute approximate surface area is 85.4 Å². The number of aromatic nitrogens is 1. The van der Waals surface area contributed by atoms with Gasteiger partial charge in [-0.1, -0.05) is 0 Å². The van der Waals surface area contributed by atoms with E-state index in [0.717, 1.165) is 28.8 Å². The van der Waals surface area contributed by atoms with Crippen molar-refractivity contribution in [3.05, 3.63) is 22.4 Å². The van der Waals surface area contributed by atoms with Crippen LogP contribution in [0, 0.1) is 0 Å². The summed E-state index contributed by atoms with van der Waals surface area (Å²) in [5, 5.41) is 0. The highest BCUT2D eigenvalue weighted by Crippen LogP contribution is 2.29. The Morgan fingerprint density at radius 3 is 3.00 bits per heavy atom. The lowest BCUT2D eigenvalue weighted by atomic mass is 10.3. The molecule has 1 aromatic rings. The van der Waals surface area contributed by atoms with Gasteiger partial charge in [-0.05, 0) is 34.8 Å². The molecule has 0 amide bonds. The third-order valence-electron chi connectivity index (χ3n) is 1.91. The zero-order valence-electron chi connectivity index (χ0n) is 7.16. The molecule has 1 fully saturated rings. The van der Waals surface area contributed by atoms with Gasteiger partial charge in [-0.25, -0.2) is 0 Å². The fourth-order valence-corrected chi connectivity index (χ4v) is 1.38. The molecule has 0 saturated heterocycles. The highest BCUT2D eigenvalue weighted by atomic mass is 79.9. The Kier molecular flexibility index (Phi) is 2.51. The number of pyridine rings is 1. The first-order chi connectivity index (χ1) is 6.29. The van der Waals surface area contributed by atoms with Gasteiger partial charge in [-0.2, -0.15) is 0 Å². The first-order valence-electron chi connectivity index (χ1n) is 4.30. The molecule has 1 heterocycles. The van der Waals surface area contributed by atoms with E-state index in [2.05, 4.69) is 20.9 Å². The highest BCUT2D eigenvalue weighted by molar-refractivity contribution is 9.10. The molecule has 3 nitrogen and oxygen atoms in total. The summed E-state index contributed by atoms with van der Waals surface area (Å²) < 4.78 is 6.59. The molecule has 1 aliphatic rings. The summed E-state index contributed by atoms with van der Waals surface area (Å²) in [5.41, 5.74) is 6.37. The van der Waals surface area contributed by atoms with Crippen molar-refractivity contribution in [1.82, 2.24) is 4.98 Å². The van der Waals surface area contributed by atoms with Crippen LogP contribution in [0.25, 0.3) is 0 Å². The van der Waals surface area contributed by atoms with Crippen molar-refractivity contribution in [3.63, 3.8) is 0 Å². The van der Waals surface area contributed by atoms with Crippen LogP contribution in [0.2, 0.25) is 0 Å². The number of rotatable bonds is 3. The Morgan fingerprint density at radius 2 is 2.38 bits per heavy atom. The van der Waals surface area contributed by atoms with E-state index in [0.29, 0.717) is 12.6 Å². The molecule has 0 spiro atoms. The molecule has 1 saturated carbocycles. The van der Waals surface area contributed by atoms with Crippen LogP contribution in [0.1, 0.15) is 18.5 Å². The minimum absolute atomic E-state index is 0.390. The number of nitrogens with two attached hydrogens (primary N) is 1. The minimum atomic E-state index is 0.390. The molecule has 4 heteroatoms. The topological polar surface area (TPSA) is 48.1 Å². The molecular formula is C9H11BrN2O. The summed E-state index contributed by atoms with van der Waals surface area (Å²) >= 11 is 3.35. The maximum absolute atomic E-state index is 5.66. The van der Waals surface area contributed by atoms with Crippen molar-refractivity contribution in [2.75, 3.05) is 0 Å². The molecular weight excluding hydrogens is 232 g/mol. The zero-order valence-corrected chi connectivity index (χ0v) is 8.75. The first kappa shape index (κ1) is 8.97. The Morgan fingerprint density at radius 1 is 1.62 bits per heavy atom. The normalized spacial score (nSPS) is 15.8. The largest absolute Gasteiger partial charge is 0.488 e. The van der Waals surface area contributed by atoms with Gasteiger partial charge in [0.2, 0.25) is 0 Å². The van der Waals surface area contributed by atoms with E-state index in [-0.39, 0.29) is 0 Å². The summed E-state index contributed by atoms with van der Waals surface area (Å²) in [6.45, 7) is 0.426. The predicted molar refractivity (Wildman–Crippen MR) is 53.5 cm³/mol. The lowest BCUT2D eigenvalue weighted by Gasteiger charge is -2.08. The van der Waals surface area contributed by atoms with Crippen LogP contribution in [0.15, 0.2) is 16.7 Å². The number of hydrogen-bond donors (Lipinski definition) is 1. The fraction of sp³-hybridized carbons (Fsp3) is 0.444. The van der Waals surface area contributed by atoms with Crippen molar-refractivity contribution < 1.29 is 4.74 Å². The van der Waals surface area contributed by atoms with Crippen LogP contribution < -0.4 is 10.5 Å². The fourth-order valence-electron chi connectivity index (χ4n) is 1.07. The molecule has 0 bridgehead atoms. The van der Waals surface area contributed by atoms with Crippen molar-refractivity contribution in [2.45, 2.75) is 25.5 Å². The van der Waals surface area contributed by atoms with Gasteiger partial charge < -0.3 is 10.5 Å². The lowest BCUT2D eigenvalue weighted by Crippen LogP contribution is -2.05. The maximum atomic E-state index is 5.66. The van der Waals surface area contributed by atoms with Gasteiger partial charge in [0, 0.05) is 17.2 Å². The van der Waals surface area contributed by atoms with Crippen molar-refractivity contribution >= 4 is 15.9 Å². The SMILES string of the molecule is NCc1ncc(Br)cc1OC1CC1. The lowest BCUT2D eigenvalue weighted by molar-refractivity contribution is 0.298. The Balaban J connectivity index is 2.22. The quantitative estimate of drug-likeness (QED) is 0.881. The zero-order chi connectivity index (χ0) is 9.26. The first-order valence-corrected chi connectivity index (χ1v) is 5.10. The van der Waals surface area contributed by atoms with Gasteiger partial charge in [0.15, 0.2) is 0 Å². The molecule has 0 radical (unpaired) electrons. The summed E-state index contributed by atoms with van der Waals surface area (Å²) in [5.74, 6) is 0.819. The summed E-state index contributed by atoms with van der Waals surface area (Å²) in [4.78, 5) is 4.18. The second-order valence-electron chi connectivity index (χ2n) is 3.12. The smallest absolute Gasteiger partial charge is 0.143 e. The molecule has 0 aromatic carbocycles. The van der Waals surface area contributed by atoms with E-state index in [1.807, 2.05) is 6.07 Å². The van der Waals surface area contributed by atoms with Gasteiger partial charge in [0.25, 0.3) is 0 Å². The predicted octanol–water partition coefficient (Wildman–Crippen LogP) is 1.84. The molecule has 70 valence electrons. The van der Waals surface area contributed by atoms with E-state index in [4.69, 9.17) is 10.5 Å². The summed E-state index contributed by atoms with van der Waals surface area (Å²) in [6, 6.07) is 1.92. The van der Waals surface area contributed by atoms with E-state index in [9.17, 15) is 0 Å². The Hall–Kier alpha value is -0.610. The molecule has 0 aliphatic heterocycles.